The average Bonchev–Trinajstić information content (AvgIpc) is 3.38. The quantitative estimate of drug-likeness (QED) is 0.792. The van der Waals surface area contributed by atoms with Crippen LogP contribution in [0.2, 0.25) is 0 Å². The van der Waals surface area contributed by atoms with Crippen molar-refractivity contribution in [2.24, 2.45) is 0 Å². The van der Waals surface area contributed by atoms with Gasteiger partial charge < -0.3 is 9.47 Å². The molecule has 0 spiro atoms. The van der Waals surface area contributed by atoms with Gasteiger partial charge in [0.2, 0.25) is 9.84 Å². The van der Waals surface area contributed by atoms with Gasteiger partial charge in [-0.15, -0.1) is 0 Å². The van der Waals surface area contributed by atoms with Crippen molar-refractivity contribution in [2.75, 3.05) is 26.2 Å². The first-order valence-corrected chi connectivity index (χ1v) is 9.17. The van der Waals surface area contributed by atoms with Crippen LogP contribution in [0.15, 0.2) is 52.3 Å². The van der Waals surface area contributed by atoms with Crippen molar-refractivity contribution in [3.05, 3.63) is 48.3 Å². The number of halogens is 1. The van der Waals surface area contributed by atoms with Crippen LogP contribution < -0.4 is 9.47 Å². The van der Waals surface area contributed by atoms with E-state index in [1.54, 1.807) is 6.07 Å². The summed E-state index contributed by atoms with van der Waals surface area (Å²) in [7, 11) is -3.81. The molecule has 2 aromatic carbocycles. The van der Waals surface area contributed by atoms with Crippen LogP contribution >= 0.6 is 0 Å². The van der Waals surface area contributed by atoms with Gasteiger partial charge >= 0.3 is 0 Å². The number of sulfone groups is 1. The molecular weight excluding hydrogens is 333 g/mol. The molecule has 2 heterocycles. The molecule has 2 aliphatic rings. The zero-order chi connectivity index (χ0) is 16.7. The minimum atomic E-state index is -3.81. The monoisotopic (exact) mass is 349 g/mol. The highest BCUT2D eigenvalue weighted by atomic mass is 32.2. The Morgan fingerprint density at radius 1 is 1.08 bits per heavy atom. The Labute approximate surface area is 139 Å². The van der Waals surface area contributed by atoms with E-state index in [2.05, 4.69) is 4.90 Å². The lowest BCUT2D eigenvalue weighted by atomic mass is 10.2. The summed E-state index contributed by atoms with van der Waals surface area (Å²) in [6.07, 6.45) is -0.118. The van der Waals surface area contributed by atoms with Crippen LogP contribution in [0.25, 0.3) is 0 Å². The Hall–Kier alpha value is -2.12. The molecule has 0 amide bonds. The van der Waals surface area contributed by atoms with Crippen LogP contribution in [0, 0.1) is 5.82 Å². The lowest BCUT2D eigenvalue weighted by Gasteiger charge is -2.27. The van der Waals surface area contributed by atoms with Crippen molar-refractivity contribution in [1.82, 2.24) is 4.90 Å². The molecule has 24 heavy (non-hydrogen) atoms. The van der Waals surface area contributed by atoms with Crippen molar-refractivity contribution >= 4 is 9.84 Å². The largest absolute Gasteiger partial charge is 0.486 e. The zero-order valence-corrected chi connectivity index (χ0v) is 13.6. The van der Waals surface area contributed by atoms with E-state index in [1.165, 1.54) is 30.3 Å². The van der Waals surface area contributed by atoms with E-state index in [9.17, 15) is 12.8 Å². The van der Waals surface area contributed by atoms with Crippen molar-refractivity contribution < 1.29 is 22.3 Å². The third-order valence-electron chi connectivity index (χ3n) is 4.05. The van der Waals surface area contributed by atoms with Gasteiger partial charge in [-0.2, -0.15) is 0 Å². The summed E-state index contributed by atoms with van der Waals surface area (Å²) in [5.74, 6) is 0.341. The molecule has 0 aromatic heterocycles. The van der Waals surface area contributed by atoms with Crippen molar-refractivity contribution in [3.8, 4) is 11.5 Å². The average molecular weight is 349 g/mol. The van der Waals surface area contributed by atoms with E-state index in [-0.39, 0.29) is 15.9 Å². The third kappa shape index (κ3) is 2.97. The molecule has 0 radical (unpaired) electrons. The number of hydrogen-bond donors (Lipinski definition) is 0. The molecule has 0 N–H and O–H groups in total. The first-order valence-electron chi connectivity index (χ1n) is 7.69. The Bertz CT molecular complexity index is 880. The third-order valence-corrected chi connectivity index (χ3v) is 5.80. The summed E-state index contributed by atoms with van der Waals surface area (Å²) < 4.78 is 50.2. The Morgan fingerprint density at radius 3 is 2.62 bits per heavy atom. The Kier molecular flexibility index (Phi) is 3.69. The molecule has 2 aromatic rings. The van der Waals surface area contributed by atoms with Gasteiger partial charge in [-0.05, 0) is 30.3 Å². The van der Waals surface area contributed by atoms with Crippen LogP contribution in [-0.2, 0) is 9.84 Å². The number of fused-ring (bicyclic) bond motifs is 1. The standard InChI is InChI=1S/C17H16FNO4S/c18-12-2-1-3-14(8-12)24(20,21)15-4-5-16-17(9-15)23-13(11-22-16)10-19-6-7-19/h1-5,8-9,13H,6-7,10-11H2. The molecule has 4 rings (SSSR count). The second kappa shape index (κ2) is 5.75. The highest BCUT2D eigenvalue weighted by molar-refractivity contribution is 7.91. The van der Waals surface area contributed by atoms with Crippen LogP contribution in [0.3, 0.4) is 0 Å². The molecule has 0 aliphatic carbocycles. The van der Waals surface area contributed by atoms with Gasteiger partial charge in [0.05, 0.1) is 9.79 Å². The molecular formula is C17H16FNO4S. The second-order valence-electron chi connectivity index (χ2n) is 5.92. The van der Waals surface area contributed by atoms with Gasteiger partial charge in [-0.3, -0.25) is 4.90 Å². The summed E-state index contributed by atoms with van der Waals surface area (Å²) in [6, 6.07) is 9.45. The molecule has 126 valence electrons. The van der Waals surface area contributed by atoms with Gasteiger partial charge in [0.25, 0.3) is 0 Å². The molecule has 1 unspecified atom stereocenters. The van der Waals surface area contributed by atoms with Gasteiger partial charge in [0.1, 0.15) is 18.5 Å². The van der Waals surface area contributed by atoms with Crippen LogP contribution in [0.4, 0.5) is 4.39 Å². The smallest absolute Gasteiger partial charge is 0.206 e. The van der Waals surface area contributed by atoms with E-state index >= 15 is 0 Å². The Morgan fingerprint density at radius 2 is 1.88 bits per heavy atom. The first kappa shape index (κ1) is 15.4. The first-order chi connectivity index (χ1) is 11.5. The predicted molar refractivity (Wildman–Crippen MR) is 84.6 cm³/mol. The molecule has 5 nitrogen and oxygen atoms in total. The highest BCUT2D eigenvalue weighted by Crippen LogP contribution is 2.35. The van der Waals surface area contributed by atoms with E-state index in [1.807, 2.05) is 0 Å². The normalized spacial score (nSPS) is 20.0. The van der Waals surface area contributed by atoms with Gasteiger partial charge in [0, 0.05) is 25.7 Å². The number of benzene rings is 2. The molecule has 1 fully saturated rings. The summed E-state index contributed by atoms with van der Waals surface area (Å²) in [5.41, 5.74) is 0. The van der Waals surface area contributed by atoms with E-state index in [4.69, 9.17) is 9.47 Å². The maximum absolute atomic E-state index is 13.4. The molecule has 7 heteroatoms. The van der Waals surface area contributed by atoms with E-state index in [0.29, 0.717) is 18.1 Å². The second-order valence-corrected chi connectivity index (χ2v) is 7.87. The SMILES string of the molecule is O=S(=O)(c1cccc(F)c1)c1ccc2c(c1)OC(CN1CC1)CO2. The van der Waals surface area contributed by atoms with Gasteiger partial charge in [-0.1, -0.05) is 6.07 Å². The van der Waals surface area contributed by atoms with E-state index in [0.717, 1.165) is 25.7 Å². The minimum Gasteiger partial charge on any atom is -0.486 e. The van der Waals surface area contributed by atoms with Crippen LogP contribution in [0.1, 0.15) is 0 Å². The summed E-state index contributed by atoms with van der Waals surface area (Å²) in [4.78, 5) is 2.19. The topological polar surface area (TPSA) is 55.6 Å². The minimum absolute atomic E-state index is 0.0582. The fourth-order valence-corrected chi connectivity index (χ4v) is 3.97. The van der Waals surface area contributed by atoms with Crippen LogP contribution in [-0.4, -0.2) is 45.7 Å². The summed E-state index contributed by atoms with van der Waals surface area (Å²) >= 11 is 0. The summed E-state index contributed by atoms with van der Waals surface area (Å²) in [5, 5.41) is 0. The Balaban J connectivity index is 1.65. The van der Waals surface area contributed by atoms with E-state index < -0.39 is 15.7 Å². The van der Waals surface area contributed by atoms with Crippen LogP contribution in [0.5, 0.6) is 11.5 Å². The van der Waals surface area contributed by atoms with Crippen molar-refractivity contribution in [3.63, 3.8) is 0 Å². The predicted octanol–water partition coefficient (Wildman–Crippen LogP) is 2.11. The van der Waals surface area contributed by atoms with Gasteiger partial charge in [0.15, 0.2) is 11.5 Å². The number of rotatable bonds is 4. The summed E-state index contributed by atoms with van der Waals surface area (Å²) in [6.45, 7) is 3.32. The molecule has 2 aliphatic heterocycles. The molecule has 0 bridgehead atoms. The fraction of sp³-hybridized carbons (Fsp3) is 0.294. The molecule has 0 saturated carbocycles. The lowest BCUT2D eigenvalue weighted by Crippen LogP contribution is -2.35. The highest BCUT2D eigenvalue weighted by Gasteiger charge is 2.29. The molecule has 1 atom stereocenters. The maximum atomic E-state index is 13.4. The molecule has 1 saturated heterocycles. The zero-order valence-electron chi connectivity index (χ0n) is 12.8. The number of nitrogens with zero attached hydrogens (tertiary/aromatic N) is 1. The lowest BCUT2D eigenvalue weighted by molar-refractivity contribution is 0.0800. The van der Waals surface area contributed by atoms with Crippen molar-refractivity contribution in [1.29, 1.82) is 0 Å². The van der Waals surface area contributed by atoms with Crippen molar-refractivity contribution in [2.45, 2.75) is 15.9 Å². The fourth-order valence-electron chi connectivity index (χ4n) is 2.66. The maximum Gasteiger partial charge on any atom is 0.206 e. The number of hydrogen-bond acceptors (Lipinski definition) is 5. The van der Waals surface area contributed by atoms with Gasteiger partial charge in [-0.25, -0.2) is 12.8 Å². The number of ether oxygens (including phenoxy) is 2.